The van der Waals surface area contributed by atoms with Crippen molar-refractivity contribution in [3.63, 3.8) is 0 Å². The molecule has 0 amide bonds. The third-order valence-electron chi connectivity index (χ3n) is 4.89. The Hall–Kier alpha value is -2.25. The van der Waals surface area contributed by atoms with Crippen LogP contribution in [0.4, 0.5) is 0 Å². The molecular weight excluding hydrogens is 465 g/mol. The number of carboxylic acids is 1. The minimum Gasteiger partial charge on any atom is -0.476 e. The number of benzene rings is 1. The van der Waals surface area contributed by atoms with Crippen LogP contribution in [0.1, 0.15) is 57.4 Å². The molecule has 0 bridgehead atoms. The van der Waals surface area contributed by atoms with Gasteiger partial charge < -0.3 is 10.8 Å². The molecule has 0 atom stereocenters. The molecule has 32 heavy (non-hydrogen) atoms. The van der Waals surface area contributed by atoms with E-state index in [1.165, 1.54) is 16.9 Å². The molecule has 0 aliphatic rings. The molecule has 3 rings (SSSR count). The van der Waals surface area contributed by atoms with Crippen molar-refractivity contribution in [1.82, 2.24) is 9.97 Å². The van der Waals surface area contributed by atoms with Crippen LogP contribution >= 0.6 is 36.2 Å². The quantitative estimate of drug-likeness (QED) is 0.409. The normalized spacial score (nSPS) is 10.8. The molecule has 0 spiro atoms. The maximum atomic E-state index is 11.1. The minimum atomic E-state index is -1.02. The number of pyridine rings is 1. The Morgan fingerprint density at radius 2 is 1.78 bits per heavy atom. The summed E-state index contributed by atoms with van der Waals surface area (Å²) in [4.78, 5) is 20.2. The summed E-state index contributed by atoms with van der Waals surface area (Å²) in [6.07, 6.45) is 4.69. The van der Waals surface area contributed by atoms with E-state index in [1.807, 2.05) is 19.1 Å². The highest BCUT2D eigenvalue weighted by Crippen LogP contribution is 2.34. The number of carbonyl (C=O) groups is 1. The number of thiazole rings is 1. The number of nitrogens with two attached hydrogens (primary N) is 1. The molecule has 172 valence electrons. The highest BCUT2D eigenvalue weighted by molar-refractivity contribution is 7.10. The number of aryl methyl sites for hydroxylation is 2. The van der Waals surface area contributed by atoms with Gasteiger partial charge in [0.1, 0.15) is 5.01 Å². The highest BCUT2D eigenvalue weighted by atomic mass is 35.5. The van der Waals surface area contributed by atoms with Crippen molar-refractivity contribution in [3.8, 4) is 11.1 Å². The maximum Gasteiger partial charge on any atom is 0.355 e. The van der Waals surface area contributed by atoms with E-state index in [4.69, 9.17) is 15.8 Å². The van der Waals surface area contributed by atoms with Gasteiger partial charge in [0.25, 0.3) is 0 Å². The zero-order valence-corrected chi connectivity index (χ0v) is 21.0. The average Bonchev–Trinajstić information content (AvgIpc) is 3.16. The summed E-state index contributed by atoms with van der Waals surface area (Å²) in [7, 11) is 0. The summed E-state index contributed by atoms with van der Waals surface area (Å²) < 4.78 is 0. The number of carboxylic acid groups (broad SMARTS) is 1. The molecule has 1 aromatic carbocycles. The summed E-state index contributed by atoms with van der Waals surface area (Å²) in [5.41, 5.74) is 13.7. The maximum absolute atomic E-state index is 11.1. The first kappa shape index (κ1) is 27.8. The van der Waals surface area contributed by atoms with Gasteiger partial charge in [0.2, 0.25) is 0 Å². The van der Waals surface area contributed by atoms with E-state index in [9.17, 15) is 4.79 Å². The second-order valence-corrected chi connectivity index (χ2v) is 8.68. The fraction of sp³-hybridized carbons (Fsp3) is 0.292. The number of hydrogen-bond donors (Lipinski definition) is 2. The molecule has 8 heteroatoms. The number of rotatable bonds is 7. The van der Waals surface area contributed by atoms with Crippen LogP contribution in [0, 0.1) is 19.8 Å². The smallest absolute Gasteiger partial charge is 0.355 e. The van der Waals surface area contributed by atoms with E-state index in [0.717, 1.165) is 40.1 Å². The number of aromatic carboxylic acids is 1. The van der Waals surface area contributed by atoms with E-state index in [2.05, 4.69) is 50.0 Å². The largest absolute Gasteiger partial charge is 0.476 e. The van der Waals surface area contributed by atoms with Crippen molar-refractivity contribution in [2.24, 2.45) is 11.7 Å². The van der Waals surface area contributed by atoms with E-state index in [-0.39, 0.29) is 30.5 Å². The van der Waals surface area contributed by atoms with Gasteiger partial charge in [-0.25, -0.2) is 9.78 Å². The van der Waals surface area contributed by atoms with Crippen LogP contribution < -0.4 is 5.73 Å². The molecule has 2 aromatic heterocycles. The van der Waals surface area contributed by atoms with Gasteiger partial charge in [-0.05, 0) is 55.0 Å². The second kappa shape index (κ2) is 12.1. The van der Waals surface area contributed by atoms with Crippen molar-refractivity contribution >= 4 is 54.3 Å². The third kappa shape index (κ3) is 6.39. The first-order valence-corrected chi connectivity index (χ1v) is 10.8. The van der Waals surface area contributed by atoms with Gasteiger partial charge in [-0.15, -0.1) is 36.2 Å². The highest BCUT2D eigenvalue weighted by Gasteiger charge is 2.18. The zero-order chi connectivity index (χ0) is 21.8. The lowest BCUT2D eigenvalue weighted by molar-refractivity contribution is 0.0691. The number of aromatic nitrogens is 2. The lowest BCUT2D eigenvalue weighted by atomic mass is 9.89. The molecular formula is C24H29Cl2N3O2S. The minimum absolute atomic E-state index is 0. The monoisotopic (exact) mass is 493 g/mol. The van der Waals surface area contributed by atoms with E-state index >= 15 is 0 Å². The van der Waals surface area contributed by atoms with Gasteiger partial charge in [0, 0.05) is 28.9 Å². The van der Waals surface area contributed by atoms with Crippen LogP contribution in [0.5, 0.6) is 0 Å². The van der Waals surface area contributed by atoms with Gasteiger partial charge >= 0.3 is 5.97 Å². The van der Waals surface area contributed by atoms with Crippen LogP contribution in [-0.2, 0) is 13.0 Å². The van der Waals surface area contributed by atoms with Gasteiger partial charge in [-0.1, -0.05) is 43.7 Å². The van der Waals surface area contributed by atoms with Crippen molar-refractivity contribution in [3.05, 3.63) is 68.4 Å². The number of halogens is 2. The molecule has 0 radical (unpaired) electrons. The summed E-state index contributed by atoms with van der Waals surface area (Å²) in [5, 5.41) is 11.3. The fourth-order valence-corrected chi connectivity index (χ4v) is 4.15. The van der Waals surface area contributed by atoms with Crippen LogP contribution in [0.25, 0.3) is 23.3 Å². The van der Waals surface area contributed by atoms with Gasteiger partial charge in [-0.3, -0.25) is 4.98 Å². The lowest BCUT2D eigenvalue weighted by Crippen LogP contribution is -2.12. The first-order chi connectivity index (χ1) is 14.3. The molecule has 0 saturated heterocycles. The Bertz CT molecular complexity index is 1090. The summed E-state index contributed by atoms with van der Waals surface area (Å²) >= 11 is 1.30. The summed E-state index contributed by atoms with van der Waals surface area (Å²) in [6.45, 7) is 8.84. The molecule has 2 heterocycles. The van der Waals surface area contributed by atoms with Crippen molar-refractivity contribution in [2.75, 3.05) is 0 Å². The lowest BCUT2D eigenvalue weighted by Gasteiger charge is -2.19. The van der Waals surface area contributed by atoms with Gasteiger partial charge in [0.05, 0.1) is 0 Å². The fourth-order valence-electron chi connectivity index (χ4n) is 3.46. The number of nitrogens with zero attached hydrogens (tertiary/aromatic N) is 2. The number of hydrogen-bond acceptors (Lipinski definition) is 5. The molecule has 0 fully saturated rings. The molecule has 0 aliphatic heterocycles. The predicted molar refractivity (Wildman–Crippen MR) is 138 cm³/mol. The van der Waals surface area contributed by atoms with Crippen molar-refractivity contribution < 1.29 is 9.90 Å². The van der Waals surface area contributed by atoms with Gasteiger partial charge in [0.15, 0.2) is 5.69 Å². The third-order valence-corrected chi connectivity index (χ3v) is 5.70. The second-order valence-electron chi connectivity index (χ2n) is 7.79. The summed E-state index contributed by atoms with van der Waals surface area (Å²) in [6, 6.07) is 8.43. The van der Waals surface area contributed by atoms with E-state index in [0.29, 0.717) is 17.5 Å². The first-order valence-electron chi connectivity index (χ1n) is 9.96. The van der Waals surface area contributed by atoms with Gasteiger partial charge in [-0.2, -0.15) is 0 Å². The van der Waals surface area contributed by atoms with Crippen LogP contribution in [-0.4, -0.2) is 21.0 Å². The molecule has 0 aliphatic carbocycles. The molecule has 0 unspecified atom stereocenters. The topological polar surface area (TPSA) is 89.1 Å². The standard InChI is InChI=1S/C24H27N3O2S.2ClH/c1-14(2)11-20-19(12-25)23(17-7-5-15(3)6-8-17)18(16(4)26-20)9-10-22-27-21(13-30-22)24(28)29;;/h5-10,13-14H,11-12,25H2,1-4H3,(H,28,29);2*1H/b10-9+;;. The molecule has 0 saturated carbocycles. The van der Waals surface area contributed by atoms with Crippen LogP contribution in [0.15, 0.2) is 29.6 Å². The van der Waals surface area contributed by atoms with Crippen LogP contribution in [0.2, 0.25) is 0 Å². The molecule has 5 nitrogen and oxygen atoms in total. The molecule has 3 N–H and O–H groups in total. The van der Waals surface area contributed by atoms with Crippen LogP contribution in [0.3, 0.4) is 0 Å². The molecule has 3 aromatic rings. The Morgan fingerprint density at radius 3 is 2.31 bits per heavy atom. The Kier molecular flexibility index (Phi) is 10.5. The predicted octanol–water partition coefficient (Wildman–Crippen LogP) is 6.19. The summed E-state index contributed by atoms with van der Waals surface area (Å²) in [5.74, 6) is -0.549. The Labute approximate surface area is 205 Å². The van der Waals surface area contributed by atoms with E-state index < -0.39 is 5.97 Å². The SMILES string of the molecule is Cc1ccc(-c2c(/C=C/c3nc(C(=O)O)cs3)c(C)nc(CC(C)C)c2CN)cc1.Cl.Cl. The Balaban J connectivity index is 0.00000256. The van der Waals surface area contributed by atoms with E-state index in [1.54, 1.807) is 5.38 Å². The Morgan fingerprint density at radius 1 is 1.12 bits per heavy atom. The zero-order valence-electron chi connectivity index (χ0n) is 18.6. The average molecular weight is 494 g/mol. The van der Waals surface area contributed by atoms with Crippen molar-refractivity contribution in [1.29, 1.82) is 0 Å². The van der Waals surface area contributed by atoms with Crippen molar-refractivity contribution in [2.45, 2.75) is 40.7 Å².